The van der Waals surface area contributed by atoms with Crippen LogP contribution >= 0.6 is 0 Å². The molecular weight excluding hydrogens is 382 g/mol. The van der Waals surface area contributed by atoms with Crippen LogP contribution in [-0.2, 0) is 4.79 Å². The lowest BCUT2D eigenvalue weighted by Gasteiger charge is -2.18. The minimum Gasteiger partial charge on any atom is -0.500 e. The van der Waals surface area contributed by atoms with E-state index in [2.05, 4.69) is 5.32 Å². The van der Waals surface area contributed by atoms with Crippen LogP contribution in [0.4, 0.5) is 11.4 Å². The monoisotopic (exact) mass is 397 g/mol. The minimum atomic E-state index is -0.795. The molecule has 2 N–H and O–H groups in total. The summed E-state index contributed by atoms with van der Waals surface area (Å²) in [6.07, 6.45) is 1.16. The molecule has 10 nitrogen and oxygen atoms in total. The third-order valence-electron chi connectivity index (χ3n) is 3.97. The van der Waals surface area contributed by atoms with Crippen LogP contribution in [0.2, 0.25) is 0 Å². The van der Waals surface area contributed by atoms with Crippen LogP contribution in [0.1, 0.15) is 5.56 Å². The molecule has 148 valence electrons. The molecule has 0 fully saturated rings. The number of nitrogens with zero attached hydrogens (tertiary/aromatic N) is 2. The molecule has 0 spiro atoms. The molecule has 2 aromatic rings. The highest BCUT2D eigenvalue weighted by atomic mass is 16.6. The second-order valence-electron chi connectivity index (χ2n) is 5.83. The number of carbonyl (C=O) groups excluding carboxylic acids is 1. The maximum absolute atomic E-state index is 12.5. The number of rotatable bonds is 5. The largest absolute Gasteiger partial charge is 0.500 e. The third kappa shape index (κ3) is 4.19. The highest BCUT2D eigenvalue weighted by Crippen LogP contribution is 2.37. The van der Waals surface area contributed by atoms with Crippen LogP contribution in [0.3, 0.4) is 0 Å². The molecule has 0 aromatic heterocycles. The average Bonchev–Trinajstić information content (AvgIpc) is 2.72. The number of amides is 1. The van der Waals surface area contributed by atoms with Gasteiger partial charge in [-0.05, 0) is 29.8 Å². The van der Waals surface area contributed by atoms with Gasteiger partial charge < -0.3 is 24.6 Å². The summed E-state index contributed by atoms with van der Waals surface area (Å²) in [5, 5.41) is 32.8. The Balaban J connectivity index is 1.88. The smallest absolute Gasteiger partial charge is 0.315 e. The number of fused-ring (bicyclic) bond motifs is 1. The summed E-state index contributed by atoms with van der Waals surface area (Å²) < 4.78 is 15.8. The van der Waals surface area contributed by atoms with Gasteiger partial charge in [0.05, 0.1) is 12.0 Å². The number of benzene rings is 2. The van der Waals surface area contributed by atoms with Crippen molar-refractivity contribution in [3.63, 3.8) is 0 Å². The number of phenolic OH excluding ortho intramolecular Hbond substituents is 1. The molecule has 3 rings (SSSR count). The Morgan fingerprint density at radius 3 is 2.69 bits per heavy atom. The van der Waals surface area contributed by atoms with Crippen molar-refractivity contribution in [3.8, 4) is 29.1 Å². The normalized spacial score (nSPS) is 12.6. The molecule has 1 heterocycles. The van der Waals surface area contributed by atoms with E-state index in [0.29, 0.717) is 30.4 Å². The van der Waals surface area contributed by atoms with Crippen molar-refractivity contribution in [2.75, 3.05) is 25.6 Å². The van der Waals surface area contributed by atoms with Crippen molar-refractivity contribution in [2.45, 2.75) is 0 Å². The van der Waals surface area contributed by atoms with E-state index in [1.807, 2.05) is 0 Å². The lowest BCUT2D eigenvalue weighted by atomic mass is 10.1. The molecule has 29 heavy (non-hydrogen) atoms. The Morgan fingerprint density at radius 1 is 1.31 bits per heavy atom. The number of nitrogens with one attached hydrogen (secondary N) is 1. The molecule has 0 unspecified atom stereocenters. The summed E-state index contributed by atoms with van der Waals surface area (Å²) in [6.45, 7) is 0.817. The van der Waals surface area contributed by atoms with E-state index in [1.54, 1.807) is 24.3 Å². The number of phenols is 1. The van der Waals surface area contributed by atoms with Gasteiger partial charge in [0.1, 0.15) is 24.9 Å². The van der Waals surface area contributed by atoms with Crippen molar-refractivity contribution < 1.29 is 29.0 Å². The van der Waals surface area contributed by atoms with Crippen molar-refractivity contribution in [3.05, 3.63) is 51.6 Å². The van der Waals surface area contributed by atoms with Gasteiger partial charge in [0.15, 0.2) is 17.2 Å². The third-order valence-corrected chi connectivity index (χ3v) is 3.97. The zero-order chi connectivity index (χ0) is 21.0. The Kier molecular flexibility index (Phi) is 5.50. The summed E-state index contributed by atoms with van der Waals surface area (Å²) in [6, 6.07) is 8.85. The highest BCUT2D eigenvalue weighted by Gasteiger charge is 2.20. The number of anilines is 1. The molecule has 0 atom stereocenters. The number of carbonyl (C=O) groups is 1. The number of hydrogen-bond acceptors (Lipinski definition) is 8. The predicted molar refractivity (Wildman–Crippen MR) is 101 cm³/mol. The molecule has 0 saturated heterocycles. The van der Waals surface area contributed by atoms with Crippen LogP contribution in [0, 0.1) is 21.4 Å². The van der Waals surface area contributed by atoms with E-state index in [-0.39, 0.29) is 16.9 Å². The Bertz CT molecular complexity index is 1060. The van der Waals surface area contributed by atoms with E-state index in [4.69, 9.17) is 14.2 Å². The molecule has 1 aliphatic rings. The molecule has 0 radical (unpaired) electrons. The summed E-state index contributed by atoms with van der Waals surface area (Å²) >= 11 is 0. The van der Waals surface area contributed by atoms with Crippen LogP contribution in [0.5, 0.6) is 23.0 Å². The molecule has 10 heteroatoms. The Labute approximate surface area is 164 Å². The Morgan fingerprint density at radius 2 is 2.03 bits per heavy atom. The fourth-order valence-corrected chi connectivity index (χ4v) is 2.63. The van der Waals surface area contributed by atoms with E-state index in [0.717, 1.165) is 12.1 Å². The zero-order valence-electron chi connectivity index (χ0n) is 15.2. The fourth-order valence-electron chi connectivity index (χ4n) is 2.63. The number of nitriles is 1. The summed E-state index contributed by atoms with van der Waals surface area (Å²) in [5.74, 6) is -0.507. The van der Waals surface area contributed by atoms with Gasteiger partial charge in [-0.25, -0.2) is 0 Å². The summed E-state index contributed by atoms with van der Waals surface area (Å²) in [5.41, 5.74) is -0.392. The molecule has 0 saturated carbocycles. The SMILES string of the molecule is COc1cc(/C=C(\C#N)C(=O)Nc2ccc3c(c2)OCCO3)cc([N+](=O)[O-])c1O. The highest BCUT2D eigenvalue weighted by molar-refractivity contribution is 6.09. The average molecular weight is 397 g/mol. The number of hydrogen-bond donors (Lipinski definition) is 2. The standard InChI is InChI=1S/C19H15N3O7/c1-27-17-8-11(7-14(18(17)23)22(25)26)6-12(10-20)19(24)21-13-2-3-15-16(9-13)29-5-4-28-15/h2-3,6-9,23H,4-5H2,1H3,(H,21,24)/b12-6+. The van der Waals surface area contributed by atoms with Crippen molar-refractivity contribution in [1.82, 2.24) is 0 Å². The zero-order valence-corrected chi connectivity index (χ0v) is 15.2. The maximum atomic E-state index is 12.5. The number of methoxy groups -OCH3 is 1. The number of nitro benzene ring substituents is 1. The summed E-state index contributed by atoms with van der Waals surface area (Å²) in [4.78, 5) is 22.8. The minimum absolute atomic E-state index is 0.139. The molecule has 1 amide bonds. The molecule has 1 aliphatic heterocycles. The lowest BCUT2D eigenvalue weighted by molar-refractivity contribution is -0.386. The molecule has 0 bridgehead atoms. The number of nitro groups is 1. The Hall–Kier alpha value is -4.26. The number of ether oxygens (including phenoxy) is 3. The van der Waals surface area contributed by atoms with Crippen molar-refractivity contribution in [1.29, 1.82) is 5.26 Å². The predicted octanol–water partition coefficient (Wildman–Crippen LogP) is 2.63. The van der Waals surface area contributed by atoms with Gasteiger partial charge in [-0.3, -0.25) is 14.9 Å². The van der Waals surface area contributed by atoms with E-state index >= 15 is 0 Å². The van der Waals surface area contributed by atoms with Crippen LogP contribution in [0.25, 0.3) is 6.08 Å². The summed E-state index contributed by atoms with van der Waals surface area (Å²) in [7, 11) is 1.23. The van der Waals surface area contributed by atoms with Gasteiger partial charge in [0, 0.05) is 17.8 Å². The van der Waals surface area contributed by atoms with E-state index < -0.39 is 22.3 Å². The second kappa shape index (κ2) is 8.18. The fraction of sp³-hybridized carbons (Fsp3) is 0.158. The molecular formula is C19H15N3O7. The van der Waals surface area contributed by atoms with Gasteiger partial charge >= 0.3 is 5.69 Å². The number of aromatic hydroxyl groups is 1. The van der Waals surface area contributed by atoms with Gasteiger partial charge in [-0.1, -0.05) is 0 Å². The first-order valence-electron chi connectivity index (χ1n) is 8.31. The van der Waals surface area contributed by atoms with Gasteiger partial charge in [-0.2, -0.15) is 5.26 Å². The van der Waals surface area contributed by atoms with E-state index in [1.165, 1.54) is 13.2 Å². The second-order valence-corrected chi connectivity index (χ2v) is 5.83. The lowest BCUT2D eigenvalue weighted by Crippen LogP contribution is -2.17. The topological polar surface area (TPSA) is 144 Å². The van der Waals surface area contributed by atoms with Crippen molar-refractivity contribution in [2.24, 2.45) is 0 Å². The molecule has 0 aliphatic carbocycles. The van der Waals surface area contributed by atoms with Crippen LogP contribution in [0.15, 0.2) is 35.9 Å². The van der Waals surface area contributed by atoms with Gasteiger partial charge in [0.2, 0.25) is 5.75 Å². The van der Waals surface area contributed by atoms with Gasteiger partial charge in [0.25, 0.3) is 5.91 Å². The van der Waals surface area contributed by atoms with E-state index in [9.17, 15) is 25.3 Å². The van der Waals surface area contributed by atoms with Crippen molar-refractivity contribution >= 4 is 23.4 Å². The molecule has 2 aromatic carbocycles. The van der Waals surface area contributed by atoms with Crippen LogP contribution in [-0.4, -0.2) is 36.3 Å². The van der Waals surface area contributed by atoms with Gasteiger partial charge in [-0.15, -0.1) is 0 Å². The first-order chi connectivity index (χ1) is 13.9. The van der Waals surface area contributed by atoms with Crippen LogP contribution < -0.4 is 19.5 Å². The maximum Gasteiger partial charge on any atom is 0.315 e. The quantitative estimate of drug-likeness (QED) is 0.339. The first-order valence-corrected chi connectivity index (χ1v) is 8.31. The first kappa shape index (κ1) is 19.5.